The van der Waals surface area contributed by atoms with Gasteiger partial charge < -0.3 is 4.84 Å². The Morgan fingerprint density at radius 1 is 0.760 bits per heavy atom. The second kappa shape index (κ2) is 8.40. The zero-order chi connectivity index (χ0) is 17.5. The Balaban J connectivity index is 1.90. The second-order valence-corrected chi connectivity index (χ2v) is 6.28. The van der Waals surface area contributed by atoms with E-state index in [9.17, 15) is 4.79 Å². The van der Waals surface area contributed by atoms with Gasteiger partial charge in [-0.25, -0.2) is 4.79 Å². The van der Waals surface area contributed by atoms with Crippen LogP contribution in [0, 0.1) is 0 Å². The minimum absolute atomic E-state index is 0.195. The molecule has 0 radical (unpaired) electrons. The van der Waals surface area contributed by atoms with Crippen molar-refractivity contribution in [2.24, 2.45) is 5.16 Å². The molecule has 3 nitrogen and oxygen atoms in total. The molecule has 3 rings (SSSR count). The van der Waals surface area contributed by atoms with Crippen molar-refractivity contribution in [1.29, 1.82) is 0 Å². The molecular weight excluding hydrogens is 378 g/mol. The van der Waals surface area contributed by atoms with Gasteiger partial charge in [0.25, 0.3) is 0 Å². The van der Waals surface area contributed by atoms with E-state index >= 15 is 0 Å². The molecule has 0 aliphatic carbocycles. The van der Waals surface area contributed by atoms with Crippen molar-refractivity contribution in [2.45, 2.75) is 4.83 Å². The minimum Gasteiger partial charge on any atom is -0.312 e. The predicted molar refractivity (Wildman–Crippen MR) is 103 cm³/mol. The van der Waals surface area contributed by atoms with Crippen LogP contribution in [0.5, 0.6) is 0 Å². The molecule has 0 aliphatic rings. The van der Waals surface area contributed by atoms with Crippen LogP contribution in [-0.4, -0.2) is 11.7 Å². The van der Waals surface area contributed by atoms with Gasteiger partial charge >= 0.3 is 5.97 Å². The first-order valence-corrected chi connectivity index (χ1v) is 8.76. The average molecular weight is 394 g/mol. The fourth-order valence-corrected chi connectivity index (χ4v) is 3.00. The molecule has 0 N–H and O–H groups in total. The van der Waals surface area contributed by atoms with Gasteiger partial charge in [-0.1, -0.05) is 99.9 Å². The van der Waals surface area contributed by atoms with Gasteiger partial charge in [0.2, 0.25) is 0 Å². The Labute approximate surface area is 155 Å². The maximum absolute atomic E-state index is 12.2. The molecule has 25 heavy (non-hydrogen) atoms. The van der Waals surface area contributed by atoms with Crippen molar-refractivity contribution in [1.82, 2.24) is 0 Å². The normalized spacial score (nSPS) is 12.4. The standard InChI is InChI=1S/C21H16BrNO2/c22-19(16-10-4-1-5-11-16)20(17-12-6-2-7-13-17)23-25-21(24)18-14-8-3-9-15-18/h1-15,19H/b23-20+. The number of carbonyl (C=O) groups is 1. The van der Waals surface area contributed by atoms with Crippen LogP contribution in [0.3, 0.4) is 0 Å². The summed E-state index contributed by atoms with van der Waals surface area (Å²) >= 11 is 3.67. The molecular formula is C21H16BrNO2. The van der Waals surface area contributed by atoms with Crippen LogP contribution in [-0.2, 0) is 4.84 Å². The van der Waals surface area contributed by atoms with Gasteiger partial charge in [-0.05, 0) is 17.7 Å². The van der Waals surface area contributed by atoms with E-state index in [1.165, 1.54) is 0 Å². The Morgan fingerprint density at radius 3 is 1.80 bits per heavy atom. The maximum Gasteiger partial charge on any atom is 0.365 e. The zero-order valence-electron chi connectivity index (χ0n) is 13.4. The van der Waals surface area contributed by atoms with Gasteiger partial charge in [0.1, 0.15) is 5.71 Å². The molecule has 0 saturated carbocycles. The van der Waals surface area contributed by atoms with Crippen LogP contribution in [0.1, 0.15) is 26.3 Å². The number of carbonyl (C=O) groups excluding carboxylic acids is 1. The molecule has 0 fully saturated rings. The van der Waals surface area contributed by atoms with Gasteiger partial charge in [0, 0.05) is 5.56 Å². The summed E-state index contributed by atoms with van der Waals surface area (Å²) in [6.45, 7) is 0. The molecule has 124 valence electrons. The SMILES string of the molecule is O=C(O/N=C(\c1ccccc1)C(Br)c1ccccc1)c1ccccc1. The highest BCUT2D eigenvalue weighted by molar-refractivity contribution is 9.09. The summed E-state index contributed by atoms with van der Waals surface area (Å²) in [5, 5.41) is 4.17. The third-order valence-corrected chi connectivity index (χ3v) is 4.60. The Bertz CT molecular complexity index is 849. The van der Waals surface area contributed by atoms with Crippen LogP contribution < -0.4 is 0 Å². The topological polar surface area (TPSA) is 38.7 Å². The van der Waals surface area contributed by atoms with Crippen LogP contribution in [0.4, 0.5) is 0 Å². The van der Waals surface area contributed by atoms with Crippen LogP contribution in [0.2, 0.25) is 0 Å². The lowest BCUT2D eigenvalue weighted by atomic mass is 10.0. The average Bonchev–Trinajstić information content (AvgIpc) is 2.70. The summed E-state index contributed by atoms with van der Waals surface area (Å²) in [6.07, 6.45) is 0. The fraction of sp³-hybridized carbons (Fsp3) is 0.0476. The summed E-state index contributed by atoms with van der Waals surface area (Å²) in [7, 11) is 0. The first-order chi connectivity index (χ1) is 12.3. The summed E-state index contributed by atoms with van der Waals surface area (Å²) in [5.41, 5.74) is 3.01. The Morgan fingerprint density at radius 2 is 1.24 bits per heavy atom. The summed E-state index contributed by atoms with van der Waals surface area (Å²) < 4.78 is 0. The first kappa shape index (κ1) is 17.1. The summed E-state index contributed by atoms with van der Waals surface area (Å²) in [6, 6.07) is 28.3. The zero-order valence-corrected chi connectivity index (χ0v) is 15.0. The highest BCUT2D eigenvalue weighted by Gasteiger charge is 2.18. The number of hydrogen-bond donors (Lipinski definition) is 0. The summed E-state index contributed by atoms with van der Waals surface area (Å²) in [4.78, 5) is 17.2. The molecule has 0 saturated heterocycles. The van der Waals surface area contributed by atoms with E-state index in [0.717, 1.165) is 11.1 Å². The van der Waals surface area contributed by atoms with Crippen molar-refractivity contribution in [3.63, 3.8) is 0 Å². The Kier molecular flexibility index (Phi) is 5.75. The van der Waals surface area contributed by atoms with E-state index in [1.807, 2.05) is 66.7 Å². The van der Waals surface area contributed by atoms with Gasteiger partial charge in [0.05, 0.1) is 10.4 Å². The van der Waals surface area contributed by atoms with E-state index in [4.69, 9.17) is 4.84 Å². The highest BCUT2D eigenvalue weighted by Crippen LogP contribution is 2.28. The Hall–Kier alpha value is -2.72. The number of oxime groups is 1. The third-order valence-electron chi connectivity index (χ3n) is 3.64. The lowest BCUT2D eigenvalue weighted by Gasteiger charge is -2.13. The van der Waals surface area contributed by atoms with Gasteiger partial charge in [-0.3, -0.25) is 0 Å². The smallest absolute Gasteiger partial charge is 0.312 e. The molecule has 0 bridgehead atoms. The molecule has 4 heteroatoms. The molecule has 1 atom stereocenters. The number of benzene rings is 3. The lowest BCUT2D eigenvalue weighted by Crippen LogP contribution is -2.11. The third kappa shape index (κ3) is 4.43. The highest BCUT2D eigenvalue weighted by atomic mass is 79.9. The number of alkyl halides is 1. The van der Waals surface area contributed by atoms with Crippen molar-refractivity contribution in [3.8, 4) is 0 Å². The number of rotatable bonds is 5. The molecule has 0 aliphatic heterocycles. The van der Waals surface area contributed by atoms with E-state index in [-0.39, 0.29) is 4.83 Å². The number of nitrogens with zero attached hydrogens (tertiary/aromatic N) is 1. The quantitative estimate of drug-likeness (QED) is 0.252. The molecule has 3 aromatic rings. The van der Waals surface area contributed by atoms with Gasteiger partial charge in [-0.15, -0.1) is 0 Å². The van der Waals surface area contributed by atoms with Crippen molar-refractivity contribution < 1.29 is 9.63 Å². The van der Waals surface area contributed by atoms with E-state index in [2.05, 4.69) is 21.1 Å². The van der Waals surface area contributed by atoms with Crippen molar-refractivity contribution in [3.05, 3.63) is 108 Å². The summed E-state index contributed by atoms with van der Waals surface area (Å²) in [5.74, 6) is -0.484. The monoisotopic (exact) mass is 393 g/mol. The second-order valence-electron chi connectivity index (χ2n) is 5.36. The van der Waals surface area contributed by atoms with Crippen molar-refractivity contribution in [2.75, 3.05) is 0 Å². The predicted octanol–water partition coefficient (Wildman–Crippen LogP) is 5.38. The first-order valence-electron chi connectivity index (χ1n) is 7.84. The van der Waals surface area contributed by atoms with Crippen molar-refractivity contribution >= 4 is 27.6 Å². The molecule has 0 spiro atoms. The molecule has 0 heterocycles. The van der Waals surface area contributed by atoms with E-state index < -0.39 is 5.97 Å². The molecule has 0 aromatic heterocycles. The number of halogens is 1. The maximum atomic E-state index is 12.2. The van der Waals surface area contributed by atoms with Gasteiger partial charge in [0.15, 0.2) is 0 Å². The molecule has 0 amide bonds. The largest absolute Gasteiger partial charge is 0.365 e. The van der Waals surface area contributed by atoms with Crippen LogP contribution >= 0.6 is 15.9 Å². The van der Waals surface area contributed by atoms with Gasteiger partial charge in [-0.2, -0.15) is 0 Å². The van der Waals surface area contributed by atoms with Crippen LogP contribution in [0.15, 0.2) is 96.2 Å². The minimum atomic E-state index is -0.484. The molecule has 1 unspecified atom stereocenters. The number of hydrogen-bond acceptors (Lipinski definition) is 3. The van der Waals surface area contributed by atoms with Crippen LogP contribution in [0.25, 0.3) is 0 Å². The van der Waals surface area contributed by atoms with E-state index in [1.54, 1.807) is 24.3 Å². The van der Waals surface area contributed by atoms with E-state index in [0.29, 0.717) is 11.3 Å². The molecule has 3 aromatic carbocycles. The fourth-order valence-electron chi connectivity index (χ4n) is 2.35. The lowest BCUT2D eigenvalue weighted by molar-refractivity contribution is 0.0516.